The second-order valence-electron chi connectivity index (χ2n) is 3.74. The van der Waals surface area contributed by atoms with E-state index in [-0.39, 0.29) is 12.6 Å². The number of carbonyl (C=O) groups excluding carboxylic acids is 1. The van der Waals surface area contributed by atoms with Crippen molar-refractivity contribution in [3.63, 3.8) is 0 Å². The SMILES string of the molecule is CNC(C)(CCSCC(O)CO)C(=O)OC. The molecule has 2 atom stereocenters. The Morgan fingerprint density at radius 3 is 2.69 bits per heavy atom. The van der Waals surface area contributed by atoms with E-state index >= 15 is 0 Å². The van der Waals surface area contributed by atoms with Gasteiger partial charge in [0.15, 0.2) is 0 Å². The van der Waals surface area contributed by atoms with Gasteiger partial charge in [-0.05, 0) is 26.1 Å². The molecule has 16 heavy (non-hydrogen) atoms. The number of aliphatic hydroxyl groups excluding tert-OH is 2. The Morgan fingerprint density at radius 1 is 1.62 bits per heavy atom. The van der Waals surface area contributed by atoms with Gasteiger partial charge in [0, 0.05) is 5.75 Å². The van der Waals surface area contributed by atoms with E-state index in [0.717, 1.165) is 0 Å². The van der Waals surface area contributed by atoms with Gasteiger partial charge in [-0.1, -0.05) is 0 Å². The zero-order chi connectivity index (χ0) is 12.6. The summed E-state index contributed by atoms with van der Waals surface area (Å²) < 4.78 is 4.71. The molecule has 0 rings (SSSR count). The summed E-state index contributed by atoms with van der Waals surface area (Å²) in [5, 5.41) is 20.7. The number of aliphatic hydroxyl groups is 2. The van der Waals surface area contributed by atoms with E-state index in [2.05, 4.69) is 5.32 Å². The van der Waals surface area contributed by atoms with Crippen molar-refractivity contribution in [3.8, 4) is 0 Å². The lowest BCUT2D eigenvalue weighted by Crippen LogP contribution is -2.48. The van der Waals surface area contributed by atoms with Crippen LogP contribution < -0.4 is 5.32 Å². The van der Waals surface area contributed by atoms with Gasteiger partial charge in [0.05, 0.1) is 19.8 Å². The molecule has 5 nitrogen and oxygen atoms in total. The van der Waals surface area contributed by atoms with Crippen molar-refractivity contribution in [2.75, 3.05) is 32.3 Å². The first kappa shape index (κ1) is 15.7. The van der Waals surface area contributed by atoms with Crippen LogP contribution in [0, 0.1) is 0 Å². The fourth-order valence-corrected chi connectivity index (χ4v) is 2.20. The molecule has 2 unspecified atom stereocenters. The predicted molar refractivity (Wildman–Crippen MR) is 64.5 cm³/mol. The Balaban J connectivity index is 3.92. The minimum Gasteiger partial charge on any atom is -0.468 e. The minimum atomic E-state index is -0.691. The Labute approximate surface area is 101 Å². The van der Waals surface area contributed by atoms with Crippen LogP contribution in [0.25, 0.3) is 0 Å². The van der Waals surface area contributed by atoms with Gasteiger partial charge < -0.3 is 20.3 Å². The van der Waals surface area contributed by atoms with Crippen LogP contribution in [0.15, 0.2) is 0 Å². The number of esters is 1. The van der Waals surface area contributed by atoms with Gasteiger partial charge >= 0.3 is 5.97 Å². The maximum Gasteiger partial charge on any atom is 0.325 e. The first-order valence-electron chi connectivity index (χ1n) is 5.14. The molecule has 0 saturated carbocycles. The number of nitrogens with one attached hydrogen (secondary N) is 1. The van der Waals surface area contributed by atoms with Crippen molar-refractivity contribution in [1.82, 2.24) is 5.32 Å². The number of hydrogen-bond donors (Lipinski definition) is 3. The molecule has 3 N–H and O–H groups in total. The van der Waals surface area contributed by atoms with E-state index in [1.54, 1.807) is 14.0 Å². The molecule has 0 aromatic rings. The molecule has 0 aromatic carbocycles. The average Bonchev–Trinajstić information content (AvgIpc) is 2.32. The molecular formula is C10H21NO4S. The zero-order valence-corrected chi connectivity index (χ0v) is 10.8. The number of rotatable bonds is 8. The molecule has 0 aliphatic rings. The van der Waals surface area contributed by atoms with Crippen molar-refractivity contribution in [3.05, 3.63) is 0 Å². The number of thioether (sulfide) groups is 1. The Hall–Kier alpha value is -0.300. The van der Waals surface area contributed by atoms with Crippen LogP contribution in [0.1, 0.15) is 13.3 Å². The van der Waals surface area contributed by atoms with Crippen molar-refractivity contribution in [1.29, 1.82) is 0 Å². The Morgan fingerprint density at radius 2 is 2.25 bits per heavy atom. The van der Waals surface area contributed by atoms with Crippen LogP contribution in [0.3, 0.4) is 0 Å². The van der Waals surface area contributed by atoms with Crippen LogP contribution in [0.5, 0.6) is 0 Å². The summed E-state index contributed by atoms with van der Waals surface area (Å²) in [6.07, 6.45) is -0.0807. The van der Waals surface area contributed by atoms with Gasteiger partial charge in [-0.15, -0.1) is 0 Å². The van der Waals surface area contributed by atoms with E-state index in [1.807, 2.05) is 0 Å². The lowest BCUT2D eigenvalue weighted by Gasteiger charge is -2.25. The predicted octanol–water partition coefficient (Wildman–Crippen LogP) is -0.386. The summed E-state index contributed by atoms with van der Waals surface area (Å²) in [6.45, 7) is 1.55. The molecule has 6 heteroatoms. The fraction of sp³-hybridized carbons (Fsp3) is 0.900. The Kier molecular flexibility index (Phi) is 7.74. The smallest absolute Gasteiger partial charge is 0.325 e. The lowest BCUT2D eigenvalue weighted by atomic mass is 10.00. The molecular weight excluding hydrogens is 230 g/mol. The molecule has 0 radical (unpaired) electrons. The summed E-state index contributed by atoms with van der Waals surface area (Å²) in [6, 6.07) is 0. The topological polar surface area (TPSA) is 78.8 Å². The number of likely N-dealkylation sites (N-methyl/N-ethyl adjacent to an activating group) is 1. The number of hydrogen-bond acceptors (Lipinski definition) is 6. The molecule has 96 valence electrons. The molecule has 0 spiro atoms. The van der Waals surface area contributed by atoms with Gasteiger partial charge in [0.25, 0.3) is 0 Å². The molecule has 0 saturated heterocycles. The minimum absolute atomic E-state index is 0.229. The second kappa shape index (κ2) is 7.89. The Bertz CT molecular complexity index is 215. The van der Waals surface area contributed by atoms with E-state index in [0.29, 0.717) is 17.9 Å². The molecule has 0 heterocycles. The molecule has 0 fully saturated rings. The molecule has 0 aliphatic carbocycles. The van der Waals surface area contributed by atoms with Crippen molar-refractivity contribution in [2.24, 2.45) is 0 Å². The number of ether oxygens (including phenoxy) is 1. The van der Waals surface area contributed by atoms with Crippen LogP contribution in [0.2, 0.25) is 0 Å². The molecule has 0 bridgehead atoms. The maximum atomic E-state index is 11.5. The molecule has 0 amide bonds. The highest BCUT2D eigenvalue weighted by molar-refractivity contribution is 7.99. The van der Waals surface area contributed by atoms with Crippen LogP contribution in [-0.2, 0) is 9.53 Å². The normalized spacial score (nSPS) is 16.6. The molecule has 0 aromatic heterocycles. The first-order valence-corrected chi connectivity index (χ1v) is 6.29. The van der Waals surface area contributed by atoms with Gasteiger partial charge in [-0.25, -0.2) is 0 Å². The van der Waals surface area contributed by atoms with Gasteiger partial charge in [-0.2, -0.15) is 11.8 Å². The summed E-state index contributed by atoms with van der Waals surface area (Å²) in [5.41, 5.74) is -0.689. The highest BCUT2D eigenvalue weighted by atomic mass is 32.2. The average molecular weight is 251 g/mol. The highest BCUT2D eigenvalue weighted by Gasteiger charge is 2.31. The third kappa shape index (κ3) is 5.16. The largest absolute Gasteiger partial charge is 0.468 e. The number of carbonyl (C=O) groups is 1. The van der Waals surface area contributed by atoms with Crippen molar-refractivity contribution in [2.45, 2.75) is 25.0 Å². The first-order chi connectivity index (χ1) is 7.50. The highest BCUT2D eigenvalue weighted by Crippen LogP contribution is 2.16. The van der Waals surface area contributed by atoms with Gasteiger partial charge in [0.2, 0.25) is 0 Å². The third-order valence-electron chi connectivity index (χ3n) is 2.46. The van der Waals surface area contributed by atoms with Crippen LogP contribution >= 0.6 is 11.8 Å². The van der Waals surface area contributed by atoms with E-state index in [1.165, 1.54) is 18.9 Å². The van der Waals surface area contributed by atoms with Crippen molar-refractivity contribution < 1.29 is 19.7 Å². The standard InChI is InChI=1S/C10H21NO4S/c1-10(11-2,9(14)15-3)4-5-16-7-8(13)6-12/h8,11-13H,4-7H2,1-3H3. The molecule has 0 aliphatic heterocycles. The van der Waals surface area contributed by atoms with Crippen molar-refractivity contribution >= 4 is 17.7 Å². The lowest BCUT2D eigenvalue weighted by molar-refractivity contribution is -0.147. The third-order valence-corrected chi connectivity index (χ3v) is 3.57. The summed E-state index contributed by atoms with van der Waals surface area (Å²) in [7, 11) is 3.07. The second-order valence-corrected chi connectivity index (χ2v) is 4.88. The quantitative estimate of drug-likeness (QED) is 0.403. The van der Waals surface area contributed by atoms with Gasteiger partial charge in [0.1, 0.15) is 5.54 Å². The summed E-state index contributed by atoms with van der Waals surface area (Å²) in [5.74, 6) is 0.888. The fourth-order valence-electron chi connectivity index (χ4n) is 1.10. The van der Waals surface area contributed by atoms with Crippen LogP contribution in [0.4, 0.5) is 0 Å². The van der Waals surface area contributed by atoms with E-state index in [4.69, 9.17) is 14.9 Å². The summed E-state index contributed by atoms with van der Waals surface area (Å²) in [4.78, 5) is 11.5. The maximum absolute atomic E-state index is 11.5. The summed E-state index contributed by atoms with van der Waals surface area (Å²) >= 11 is 1.50. The monoisotopic (exact) mass is 251 g/mol. The van der Waals surface area contributed by atoms with Gasteiger partial charge in [-0.3, -0.25) is 4.79 Å². The number of methoxy groups -OCH3 is 1. The van der Waals surface area contributed by atoms with Crippen LogP contribution in [-0.4, -0.2) is 60.1 Å². The van der Waals surface area contributed by atoms with E-state index < -0.39 is 11.6 Å². The zero-order valence-electron chi connectivity index (χ0n) is 10.0. The van der Waals surface area contributed by atoms with E-state index in [9.17, 15) is 4.79 Å².